The number of pyridine rings is 1. The molecule has 1 unspecified atom stereocenters. The Hall–Kier alpha value is -1.91. The molecule has 19 heavy (non-hydrogen) atoms. The Balaban J connectivity index is 2.05. The van der Waals surface area contributed by atoms with Gasteiger partial charge in [-0.05, 0) is 22.9 Å². The van der Waals surface area contributed by atoms with E-state index in [9.17, 15) is 5.11 Å². The minimum atomic E-state index is -0.682. The quantitative estimate of drug-likeness (QED) is 0.794. The summed E-state index contributed by atoms with van der Waals surface area (Å²) in [5.41, 5.74) is 1.65. The van der Waals surface area contributed by atoms with Gasteiger partial charge >= 0.3 is 0 Å². The molecule has 4 heteroatoms. The lowest BCUT2D eigenvalue weighted by Crippen LogP contribution is -2.00. The number of thiophene rings is 1. The molecule has 2 heterocycles. The lowest BCUT2D eigenvalue weighted by molar-refractivity contribution is 0.221. The first kappa shape index (κ1) is 12.1. The highest BCUT2D eigenvalue weighted by Gasteiger charge is 2.15. The van der Waals surface area contributed by atoms with Gasteiger partial charge in [-0.25, -0.2) is 0 Å². The monoisotopic (exact) mass is 271 g/mol. The minimum Gasteiger partial charge on any atom is -0.495 e. The molecule has 96 valence electrons. The molecule has 0 aliphatic heterocycles. The summed E-state index contributed by atoms with van der Waals surface area (Å²) in [7, 11) is 1.59. The number of aliphatic hydroxyl groups is 1. The molecule has 0 saturated carbocycles. The van der Waals surface area contributed by atoms with Crippen molar-refractivity contribution in [2.75, 3.05) is 7.11 Å². The zero-order chi connectivity index (χ0) is 13.2. The van der Waals surface area contributed by atoms with Crippen molar-refractivity contribution in [1.82, 2.24) is 4.98 Å². The number of ether oxygens (including phenoxy) is 1. The van der Waals surface area contributed by atoms with Gasteiger partial charge in [-0.2, -0.15) is 0 Å². The van der Waals surface area contributed by atoms with E-state index in [1.165, 1.54) is 4.70 Å². The van der Waals surface area contributed by atoms with Crippen molar-refractivity contribution in [2.24, 2.45) is 0 Å². The predicted octanol–water partition coefficient (Wildman–Crippen LogP) is 3.39. The smallest absolute Gasteiger partial charge is 0.137 e. The fraction of sp³-hybridized carbons (Fsp3) is 0.133. The van der Waals surface area contributed by atoms with Gasteiger partial charge in [0.1, 0.15) is 11.9 Å². The maximum absolute atomic E-state index is 10.5. The SMILES string of the molecule is COc1cncc(C(O)c2csc3ccccc23)c1. The van der Waals surface area contributed by atoms with Crippen molar-refractivity contribution in [1.29, 1.82) is 0 Å². The molecule has 0 radical (unpaired) electrons. The van der Waals surface area contributed by atoms with Crippen LogP contribution in [0.5, 0.6) is 5.75 Å². The average Bonchev–Trinajstić information content (AvgIpc) is 2.90. The zero-order valence-corrected chi connectivity index (χ0v) is 11.2. The number of nitrogens with zero attached hydrogens (tertiary/aromatic N) is 1. The van der Waals surface area contributed by atoms with E-state index in [2.05, 4.69) is 11.1 Å². The first-order chi connectivity index (χ1) is 9.29. The van der Waals surface area contributed by atoms with Gasteiger partial charge < -0.3 is 9.84 Å². The highest BCUT2D eigenvalue weighted by Crippen LogP contribution is 2.33. The normalized spacial score (nSPS) is 12.5. The van der Waals surface area contributed by atoms with Crippen LogP contribution < -0.4 is 4.74 Å². The third-order valence-corrected chi connectivity index (χ3v) is 4.07. The molecule has 1 atom stereocenters. The summed E-state index contributed by atoms with van der Waals surface area (Å²) in [5.74, 6) is 0.649. The van der Waals surface area contributed by atoms with E-state index in [4.69, 9.17) is 4.74 Å². The van der Waals surface area contributed by atoms with Crippen LogP contribution in [-0.4, -0.2) is 17.2 Å². The Labute approximate surface area is 115 Å². The number of rotatable bonds is 3. The van der Waals surface area contributed by atoms with E-state index in [0.29, 0.717) is 5.75 Å². The molecule has 0 amide bonds. The Bertz CT molecular complexity index is 708. The molecule has 1 aromatic carbocycles. The third kappa shape index (κ3) is 2.20. The van der Waals surface area contributed by atoms with Crippen molar-refractivity contribution in [3.05, 3.63) is 59.2 Å². The molecule has 0 aliphatic carbocycles. The third-order valence-electron chi connectivity index (χ3n) is 3.09. The second-order valence-electron chi connectivity index (χ2n) is 4.25. The molecule has 0 fully saturated rings. The van der Waals surface area contributed by atoms with E-state index in [0.717, 1.165) is 16.5 Å². The number of benzene rings is 1. The topological polar surface area (TPSA) is 42.4 Å². The van der Waals surface area contributed by atoms with Gasteiger partial charge in [-0.1, -0.05) is 18.2 Å². The number of hydrogen-bond donors (Lipinski definition) is 1. The Morgan fingerprint density at radius 2 is 2.11 bits per heavy atom. The maximum atomic E-state index is 10.5. The fourth-order valence-corrected chi connectivity index (χ4v) is 3.07. The molecule has 1 N–H and O–H groups in total. The molecule has 3 nitrogen and oxygen atoms in total. The van der Waals surface area contributed by atoms with Crippen molar-refractivity contribution < 1.29 is 9.84 Å². The fourth-order valence-electron chi connectivity index (χ4n) is 2.09. The van der Waals surface area contributed by atoms with Crippen LogP contribution in [0.3, 0.4) is 0 Å². The summed E-state index contributed by atoms with van der Waals surface area (Å²) in [5, 5.41) is 13.6. The van der Waals surface area contributed by atoms with Gasteiger partial charge in [0.2, 0.25) is 0 Å². The van der Waals surface area contributed by atoms with Crippen molar-refractivity contribution in [3.63, 3.8) is 0 Å². The number of hydrogen-bond acceptors (Lipinski definition) is 4. The Morgan fingerprint density at radius 1 is 1.26 bits per heavy atom. The summed E-state index contributed by atoms with van der Waals surface area (Å²) in [6.45, 7) is 0. The molecule has 0 spiro atoms. The van der Waals surface area contributed by atoms with Crippen molar-refractivity contribution >= 4 is 21.4 Å². The summed E-state index contributed by atoms with van der Waals surface area (Å²) in [6.07, 6.45) is 2.61. The van der Waals surface area contributed by atoms with E-state index in [1.807, 2.05) is 29.6 Å². The molecule has 3 aromatic rings. The number of methoxy groups -OCH3 is 1. The summed E-state index contributed by atoms with van der Waals surface area (Å²) >= 11 is 1.64. The van der Waals surface area contributed by atoms with Crippen LogP contribution in [-0.2, 0) is 0 Å². The second-order valence-corrected chi connectivity index (χ2v) is 5.16. The highest BCUT2D eigenvalue weighted by atomic mass is 32.1. The van der Waals surface area contributed by atoms with Crippen LogP contribution in [0, 0.1) is 0 Å². The lowest BCUT2D eigenvalue weighted by atomic mass is 10.0. The van der Waals surface area contributed by atoms with Crippen LogP contribution in [0.25, 0.3) is 10.1 Å². The zero-order valence-electron chi connectivity index (χ0n) is 10.4. The van der Waals surface area contributed by atoms with Crippen LogP contribution in [0.1, 0.15) is 17.2 Å². The predicted molar refractivity (Wildman–Crippen MR) is 76.7 cm³/mol. The molecule has 3 rings (SSSR count). The standard InChI is InChI=1S/C15H13NO2S/c1-18-11-6-10(7-16-8-11)15(17)13-9-19-14-5-3-2-4-12(13)14/h2-9,15,17H,1H3. The van der Waals surface area contributed by atoms with Gasteiger partial charge in [0.05, 0.1) is 13.3 Å². The van der Waals surface area contributed by atoms with Gasteiger partial charge in [0.15, 0.2) is 0 Å². The van der Waals surface area contributed by atoms with Gasteiger partial charge in [0.25, 0.3) is 0 Å². The van der Waals surface area contributed by atoms with Crippen molar-refractivity contribution in [3.8, 4) is 5.75 Å². The van der Waals surface area contributed by atoms with Crippen LogP contribution in [0.4, 0.5) is 0 Å². The van der Waals surface area contributed by atoms with Gasteiger partial charge in [-0.3, -0.25) is 4.98 Å². The van der Waals surface area contributed by atoms with E-state index in [1.54, 1.807) is 30.8 Å². The molecule has 0 bridgehead atoms. The summed E-state index contributed by atoms with van der Waals surface area (Å²) < 4.78 is 6.31. The largest absolute Gasteiger partial charge is 0.495 e. The molecule has 0 saturated heterocycles. The minimum absolute atomic E-state index is 0.649. The van der Waals surface area contributed by atoms with Crippen LogP contribution in [0.2, 0.25) is 0 Å². The molecular weight excluding hydrogens is 258 g/mol. The lowest BCUT2D eigenvalue weighted by Gasteiger charge is -2.11. The first-order valence-electron chi connectivity index (χ1n) is 5.92. The molecule has 0 aliphatic rings. The van der Waals surface area contributed by atoms with Gasteiger partial charge in [-0.15, -0.1) is 11.3 Å². The van der Waals surface area contributed by atoms with Crippen molar-refractivity contribution in [2.45, 2.75) is 6.10 Å². The van der Waals surface area contributed by atoms with Gasteiger partial charge in [0, 0.05) is 22.0 Å². The van der Waals surface area contributed by atoms with E-state index < -0.39 is 6.10 Å². The summed E-state index contributed by atoms with van der Waals surface area (Å²) in [6, 6.07) is 9.87. The highest BCUT2D eigenvalue weighted by molar-refractivity contribution is 7.17. The maximum Gasteiger partial charge on any atom is 0.137 e. The Kier molecular flexibility index (Phi) is 3.19. The second kappa shape index (κ2) is 4.99. The van der Waals surface area contributed by atoms with E-state index >= 15 is 0 Å². The van der Waals surface area contributed by atoms with Crippen LogP contribution in [0.15, 0.2) is 48.1 Å². The number of aromatic nitrogens is 1. The van der Waals surface area contributed by atoms with E-state index in [-0.39, 0.29) is 0 Å². The molecule has 2 aromatic heterocycles. The Morgan fingerprint density at radius 3 is 2.95 bits per heavy atom. The first-order valence-corrected chi connectivity index (χ1v) is 6.80. The van der Waals surface area contributed by atoms with Crippen LogP contribution >= 0.6 is 11.3 Å². The average molecular weight is 271 g/mol. The number of fused-ring (bicyclic) bond motifs is 1. The number of aliphatic hydroxyl groups excluding tert-OH is 1. The summed E-state index contributed by atoms with van der Waals surface area (Å²) in [4.78, 5) is 4.08. The molecular formula is C15H13NO2S.